The molecule has 0 saturated carbocycles. The lowest BCUT2D eigenvalue weighted by Gasteiger charge is -2.14. The molecular weight excluding hydrogens is 248 g/mol. The summed E-state index contributed by atoms with van der Waals surface area (Å²) in [5, 5.41) is 2.78. The van der Waals surface area contributed by atoms with Crippen molar-refractivity contribution in [3.8, 4) is 0 Å². The maximum absolute atomic E-state index is 11.8. The van der Waals surface area contributed by atoms with Crippen LogP contribution in [0.3, 0.4) is 0 Å². The lowest BCUT2D eigenvalue weighted by Crippen LogP contribution is -2.38. The number of methoxy groups -OCH3 is 1. The van der Waals surface area contributed by atoms with E-state index in [1.807, 2.05) is 6.92 Å². The molecule has 1 heterocycles. The highest BCUT2D eigenvalue weighted by Crippen LogP contribution is 2.04. The first-order valence-electron chi connectivity index (χ1n) is 6.19. The number of aromatic nitrogens is 1. The van der Waals surface area contributed by atoms with Crippen LogP contribution in [0, 0.1) is 0 Å². The maximum atomic E-state index is 11.8. The van der Waals surface area contributed by atoms with Crippen LogP contribution < -0.4 is 5.32 Å². The molecule has 1 aromatic rings. The van der Waals surface area contributed by atoms with Crippen molar-refractivity contribution in [2.45, 2.75) is 26.4 Å². The molecule has 1 N–H and O–H groups in total. The molecule has 1 atom stereocenters. The van der Waals surface area contributed by atoms with Crippen molar-refractivity contribution in [1.29, 1.82) is 0 Å². The van der Waals surface area contributed by atoms with Crippen LogP contribution in [0.4, 0.5) is 0 Å². The normalized spacial score (nSPS) is 11.9. The van der Waals surface area contributed by atoms with Gasteiger partial charge in [-0.2, -0.15) is 0 Å². The monoisotopic (exact) mass is 268 g/mol. The average Bonchev–Trinajstić information content (AvgIpc) is 2.77. The average molecular weight is 268 g/mol. The first-order chi connectivity index (χ1) is 9.08. The lowest BCUT2D eigenvalue weighted by atomic mass is 10.3. The second kappa shape index (κ2) is 7.58. The van der Waals surface area contributed by atoms with Crippen LogP contribution in [0.5, 0.6) is 0 Å². The molecule has 0 aliphatic rings. The molecular formula is C13H20N2O4. The summed E-state index contributed by atoms with van der Waals surface area (Å²) in [6.07, 6.45) is 1.67. The summed E-state index contributed by atoms with van der Waals surface area (Å²) in [4.78, 5) is 23.4. The van der Waals surface area contributed by atoms with E-state index in [2.05, 4.69) is 5.32 Å². The predicted octanol–water partition coefficient (Wildman–Crippen LogP) is 0.816. The standard InChI is InChI=1S/C13H20N2O4/c1-4-19-13(17)11-6-5-7-15(11)8-12(16)14-10(2)9-18-3/h5-7,10H,4,8-9H2,1-3H3,(H,14,16). The van der Waals surface area contributed by atoms with Crippen molar-refractivity contribution in [3.63, 3.8) is 0 Å². The van der Waals surface area contributed by atoms with Crippen LogP contribution in [0.25, 0.3) is 0 Å². The second-order valence-electron chi connectivity index (χ2n) is 4.17. The first kappa shape index (κ1) is 15.2. The Morgan fingerprint density at radius 2 is 2.21 bits per heavy atom. The van der Waals surface area contributed by atoms with E-state index in [4.69, 9.17) is 9.47 Å². The number of rotatable bonds is 7. The van der Waals surface area contributed by atoms with Gasteiger partial charge in [-0.25, -0.2) is 4.79 Å². The quantitative estimate of drug-likeness (QED) is 0.743. The van der Waals surface area contributed by atoms with Gasteiger partial charge in [0.05, 0.1) is 13.2 Å². The Hall–Kier alpha value is -1.82. The van der Waals surface area contributed by atoms with Crippen LogP contribution in [0.15, 0.2) is 18.3 Å². The van der Waals surface area contributed by atoms with Crippen molar-refractivity contribution in [1.82, 2.24) is 9.88 Å². The summed E-state index contributed by atoms with van der Waals surface area (Å²) < 4.78 is 11.4. The highest BCUT2D eigenvalue weighted by Gasteiger charge is 2.14. The molecule has 0 aromatic carbocycles. The molecule has 0 fully saturated rings. The van der Waals surface area contributed by atoms with E-state index < -0.39 is 5.97 Å². The van der Waals surface area contributed by atoms with E-state index in [1.165, 1.54) is 0 Å². The second-order valence-corrected chi connectivity index (χ2v) is 4.17. The molecule has 1 amide bonds. The molecule has 0 aliphatic heterocycles. The van der Waals surface area contributed by atoms with Gasteiger partial charge in [0.1, 0.15) is 12.2 Å². The zero-order chi connectivity index (χ0) is 14.3. The Morgan fingerprint density at radius 3 is 2.84 bits per heavy atom. The molecule has 6 nitrogen and oxygen atoms in total. The van der Waals surface area contributed by atoms with E-state index in [0.29, 0.717) is 18.9 Å². The van der Waals surface area contributed by atoms with E-state index in [0.717, 1.165) is 0 Å². The van der Waals surface area contributed by atoms with Crippen LogP contribution in [0.1, 0.15) is 24.3 Å². The smallest absolute Gasteiger partial charge is 0.354 e. The van der Waals surface area contributed by atoms with Gasteiger partial charge in [-0.15, -0.1) is 0 Å². The molecule has 19 heavy (non-hydrogen) atoms. The zero-order valence-electron chi connectivity index (χ0n) is 11.5. The number of esters is 1. The minimum Gasteiger partial charge on any atom is -0.461 e. The van der Waals surface area contributed by atoms with Gasteiger partial charge in [-0.05, 0) is 26.0 Å². The molecule has 0 bridgehead atoms. The van der Waals surface area contributed by atoms with Crippen molar-refractivity contribution >= 4 is 11.9 Å². The van der Waals surface area contributed by atoms with Crippen molar-refractivity contribution in [2.75, 3.05) is 20.3 Å². The summed E-state index contributed by atoms with van der Waals surface area (Å²) in [6.45, 7) is 4.42. The predicted molar refractivity (Wildman–Crippen MR) is 69.9 cm³/mol. The van der Waals surface area contributed by atoms with Crippen molar-refractivity contribution in [2.24, 2.45) is 0 Å². The van der Waals surface area contributed by atoms with E-state index in [9.17, 15) is 9.59 Å². The number of carbonyl (C=O) groups is 2. The largest absolute Gasteiger partial charge is 0.461 e. The van der Waals surface area contributed by atoms with Gasteiger partial charge in [0.25, 0.3) is 0 Å². The number of amides is 1. The number of carbonyl (C=O) groups excluding carboxylic acids is 2. The molecule has 6 heteroatoms. The van der Waals surface area contributed by atoms with Crippen molar-refractivity contribution < 1.29 is 19.1 Å². The van der Waals surface area contributed by atoms with Crippen LogP contribution in [-0.2, 0) is 20.8 Å². The van der Waals surface area contributed by atoms with Gasteiger partial charge >= 0.3 is 5.97 Å². The summed E-state index contributed by atoms with van der Waals surface area (Å²) in [6, 6.07) is 3.27. The fourth-order valence-electron chi connectivity index (χ4n) is 1.71. The van der Waals surface area contributed by atoms with E-state index >= 15 is 0 Å². The van der Waals surface area contributed by atoms with Gasteiger partial charge in [-0.3, -0.25) is 4.79 Å². The molecule has 106 valence electrons. The van der Waals surface area contributed by atoms with Crippen LogP contribution in [0.2, 0.25) is 0 Å². The fraction of sp³-hybridized carbons (Fsp3) is 0.538. The Bertz CT molecular complexity index is 428. The SMILES string of the molecule is CCOC(=O)c1cccn1CC(=O)NC(C)COC. The van der Waals surface area contributed by atoms with Gasteiger partial charge in [0, 0.05) is 19.3 Å². The molecule has 1 aromatic heterocycles. The molecule has 0 spiro atoms. The number of nitrogens with zero attached hydrogens (tertiary/aromatic N) is 1. The zero-order valence-corrected chi connectivity index (χ0v) is 11.5. The summed E-state index contributed by atoms with van der Waals surface area (Å²) in [7, 11) is 1.58. The lowest BCUT2D eigenvalue weighted by molar-refractivity contribution is -0.122. The minimum absolute atomic E-state index is 0.0703. The third-order valence-electron chi connectivity index (χ3n) is 2.45. The van der Waals surface area contributed by atoms with E-state index in [-0.39, 0.29) is 18.5 Å². The number of nitrogens with one attached hydrogen (secondary N) is 1. The van der Waals surface area contributed by atoms with Crippen LogP contribution >= 0.6 is 0 Å². The molecule has 1 rings (SSSR count). The number of ether oxygens (including phenoxy) is 2. The number of hydrogen-bond donors (Lipinski definition) is 1. The van der Waals surface area contributed by atoms with Gasteiger partial charge < -0.3 is 19.4 Å². The summed E-state index contributed by atoms with van der Waals surface area (Å²) >= 11 is 0. The highest BCUT2D eigenvalue weighted by molar-refractivity contribution is 5.88. The Labute approximate surface area is 112 Å². The third kappa shape index (κ3) is 4.75. The Morgan fingerprint density at radius 1 is 1.47 bits per heavy atom. The summed E-state index contributed by atoms with van der Waals surface area (Å²) in [5.41, 5.74) is 0.372. The molecule has 1 unspecified atom stereocenters. The molecule has 0 aliphatic carbocycles. The minimum atomic E-state index is -0.426. The molecule has 0 radical (unpaired) electrons. The highest BCUT2D eigenvalue weighted by atomic mass is 16.5. The van der Waals surface area contributed by atoms with Crippen molar-refractivity contribution in [3.05, 3.63) is 24.0 Å². The van der Waals surface area contributed by atoms with Crippen LogP contribution in [-0.4, -0.2) is 42.8 Å². The summed E-state index contributed by atoms with van der Waals surface area (Å²) in [5.74, 6) is -0.600. The van der Waals surface area contributed by atoms with E-state index in [1.54, 1.807) is 36.9 Å². The Kier molecular flexibility index (Phi) is 6.08. The van der Waals surface area contributed by atoms with Gasteiger partial charge in [-0.1, -0.05) is 0 Å². The molecule has 0 saturated heterocycles. The first-order valence-corrected chi connectivity index (χ1v) is 6.19. The van der Waals surface area contributed by atoms with Gasteiger partial charge in [0.15, 0.2) is 0 Å². The fourth-order valence-corrected chi connectivity index (χ4v) is 1.71. The third-order valence-corrected chi connectivity index (χ3v) is 2.45. The maximum Gasteiger partial charge on any atom is 0.354 e. The number of hydrogen-bond acceptors (Lipinski definition) is 4. The Balaban J connectivity index is 2.60. The van der Waals surface area contributed by atoms with Gasteiger partial charge in [0.2, 0.25) is 5.91 Å². The topological polar surface area (TPSA) is 69.6 Å².